The van der Waals surface area contributed by atoms with E-state index in [9.17, 15) is 4.79 Å². The molecule has 3 heteroatoms. The van der Waals surface area contributed by atoms with Crippen molar-refractivity contribution in [3.63, 3.8) is 0 Å². The molecule has 0 bridgehead atoms. The van der Waals surface area contributed by atoms with E-state index in [1.807, 2.05) is 0 Å². The summed E-state index contributed by atoms with van der Waals surface area (Å²) in [5.74, 6) is 0.626. The van der Waals surface area contributed by atoms with Gasteiger partial charge in [-0.1, -0.05) is 6.42 Å². The third kappa shape index (κ3) is 1.91. The molecule has 0 aromatic carbocycles. The molecular weight excluding hydrogens is 118 g/mol. The summed E-state index contributed by atoms with van der Waals surface area (Å²) in [6, 6.07) is 0. The zero-order chi connectivity index (χ0) is 6.69. The van der Waals surface area contributed by atoms with E-state index in [0.29, 0.717) is 12.5 Å². The molecule has 0 aliphatic heterocycles. The van der Waals surface area contributed by atoms with Gasteiger partial charge in [-0.3, -0.25) is 0 Å². The molecule has 0 spiro atoms. The lowest BCUT2D eigenvalue weighted by Gasteiger charge is -2.24. The zero-order valence-corrected chi connectivity index (χ0v) is 5.26. The van der Waals surface area contributed by atoms with Gasteiger partial charge in [0.25, 0.3) is 0 Å². The number of hydrogen-bond donors (Lipinski definition) is 2. The molecule has 0 aromatic heterocycles. The lowest BCUT2D eigenvalue weighted by Crippen LogP contribution is -2.30. The summed E-state index contributed by atoms with van der Waals surface area (Å²) in [5, 5.41) is 10.5. The summed E-state index contributed by atoms with van der Waals surface area (Å²) >= 11 is 0. The van der Waals surface area contributed by atoms with Gasteiger partial charge in [0.1, 0.15) is 0 Å². The highest BCUT2D eigenvalue weighted by Crippen LogP contribution is 2.24. The van der Waals surface area contributed by atoms with E-state index in [0.717, 1.165) is 0 Å². The lowest BCUT2D eigenvalue weighted by atomic mass is 9.85. The van der Waals surface area contributed by atoms with Crippen LogP contribution in [0, 0.1) is 5.92 Å². The van der Waals surface area contributed by atoms with Crippen LogP contribution in [0.1, 0.15) is 19.3 Å². The average Bonchev–Trinajstić information content (AvgIpc) is 1.60. The van der Waals surface area contributed by atoms with Gasteiger partial charge < -0.3 is 10.4 Å². The molecule has 3 nitrogen and oxygen atoms in total. The Hall–Kier alpha value is -0.730. The molecule has 1 rings (SSSR count). The second-order valence-electron chi connectivity index (χ2n) is 2.48. The summed E-state index contributed by atoms with van der Waals surface area (Å²) in [6.45, 7) is 0.648. The Morgan fingerprint density at radius 2 is 2.33 bits per heavy atom. The normalized spacial score (nSPS) is 18.7. The maximum absolute atomic E-state index is 9.93. The Morgan fingerprint density at radius 3 is 2.67 bits per heavy atom. The van der Waals surface area contributed by atoms with Gasteiger partial charge in [-0.2, -0.15) is 0 Å². The Bertz CT molecular complexity index is 110. The minimum atomic E-state index is -0.901. The molecule has 0 saturated heterocycles. The quantitative estimate of drug-likeness (QED) is 0.585. The second kappa shape index (κ2) is 2.71. The van der Waals surface area contributed by atoms with Gasteiger partial charge in [0, 0.05) is 6.54 Å². The maximum Gasteiger partial charge on any atom is 0.404 e. The fourth-order valence-electron chi connectivity index (χ4n) is 0.929. The maximum atomic E-state index is 9.93. The molecule has 2 N–H and O–H groups in total. The number of rotatable bonds is 2. The fourth-order valence-corrected chi connectivity index (χ4v) is 0.929. The van der Waals surface area contributed by atoms with Crippen molar-refractivity contribution in [3.8, 4) is 0 Å². The molecule has 0 heterocycles. The highest BCUT2D eigenvalue weighted by atomic mass is 16.4. The minimum Gasteiger partial charge on any atom is -0.465 e. The summed E-state index contributed by atoms with van der Waals surface area (Å²) in [4.78, 5) is 9.93. The number of carbonyl (C=O) groups is 1. The third-order valence-corrected chi connectivity index (χ3v) is 1.77. The van der Waals surface area contributed by atoms with E-state index in [2.05, 4.69) is 5.32 Å². The lowest BCUT2D eigenvalue weighted by molar-refractivity contribution is 0.188. The van der Waals surface area contributed by atoms with Crippen molar-refractivity contribution in [1.82, 2.24) is 5.32 Å². The van der Waals surface area contributed by atoms with E-state index in [4.69, 9.17) is 5.11 Å². The van der Waals surface area contributed by atoms with Crippen molar-refractivity contribution in [3.05, 3.63) is 0 Å². The van der Waals surface area contributed by atoms with Crippen LogP contribution in [0.5, 0.6) is 0 Å². The number of nitrogens with one attached hydrogen (secondary N) is 1. The highest BCUT2D eigenvalue weighted by Gasteiger charge is 2.17. The largest absolute Gasteiger partial charge is 0.465 e. The van der Waals surface area contributed by atoms with E-state index >= 15 is 0 Å². The van der Waals surface area contributed by atoms with E-state index in [1.54, 1.807) is 0 Å². The van der Waals surface area contributed by atoms with Crippen molar-refractivity contribution >= 4 is 6.09 Å². The van der Waals surface area contributed by atoms with E-state index in [-0.39, 0.29) is 0 Å². The second-order valence-corrected chi connectivity index (χ2v) is 2.48. The smallest absolute Gasteiger partial charge is 0.404 e. The van der Waals surface area contributed by atoms with Crippen LogP contribution in [-0.2, 0) is 0 Å². The first-order valence-corrected chi connectivity index (χ1v) is 3.26. The summed E-state index contributed by atoms with van der Waals surface area (Å²) in [5.41, 5.74) is 0. The molecule has 0 aromatic rings. The molecule has 0 atom stereocenters. The first-order chi connectivity index (χ1) is 4.29. The van der Waals surface area contributed by atoms with Crippen LogP contribution < -0.4 is 5.32 Å². The highest BCUT2D eigenvalue weighted by molar-refractivity contribution is 5.64. The van der Waals surface area contributed by atoms with Gasteiger partial charge in [0.15, 0.2) is 0 Å². The predicted molar refractivity (Wildman–Crippen MR) is 33.4 cm³/mol. The van der Waals surface area contributed by atoms with Gasteiger partial charge in [0.2, 0.25) is 0 Å². The van der Waals surface area contributed by atoms with E-state index in [1.165, 1.54) is 19.3 Å². The monoisotopic (exact) mass is 129 g/mol. The molecule has 1 aliphatic rings. The van der Waals surface area contributed by atoms with Gasteiger partial charge in [-0.05, 0) is 18.8 Å². The van der Waals surface area contributed by atoms with Crippen LogP contribution in [0.3, 0.4) is 0 Å². The van der Waals surface area contributed by atoms with Gasteiger partial charge in [-0.15, -0.1) is 0 Å². The molecule has 1 saturated carbocycles. The molecule has 1 amide bonds. The van der Waals surface area contributed by atoms with Crippen molar-refractivity contribution in [1.29, 1.82) is 0 Å². The van der Waals surface area contributed by atoms with Crippen LogP contribution in [-0.4, -0.2) is 17.7 Å². The van der Waals surface area contributed by atoms with Gasteiger partial charge in [-0.25, -0.2) is 4.79 Å². The minimum absolute atomic E-state index is 0.626. The summed E-state index contributed by atoms with van der Waals surface area (Å²) in [6.07, 6.45) is 2.76. The van der Waals surface area contributed by atoms with Crippen molar-refractivity contribution in [2.75, 3.05) is 6.54 Å². The number of hydrogen-bond acceptors (Lipinski definition) is 1. The first-order valence-electron chi connectivity index (χ1n) is 3.26. The molecule has 0 radical (unpaired) electrons. The summed E-state index contributed by atoms with van der Waals surface area (Å²) in [7, 11) is 0. The third-order valence-electron chi connectivity index (χ3n) is 1.77. The van der Waals surface area contributed by atoms with E-state index < -0.39 is 6.09 Å². The zero-order valence-electron chi connectivity index (χ0n) is 5.26. The van der Waals surface area contributed by atoms with Crippen LogP contribution >= 0.6 is 0 Å². The molecule has 9 heavy (non-hydrogen) atoms. The standard InChI is InChI=1S/C6H11NO2/c8-6(9)7-4-5-2-1-3-5/h5,7H,1-4H2,(H,8,9). The average molecular weight is 129 g/mol. The predicted octanol–water partition coefficient (Wildman–Crippen LogP) is 1.05. The van der Waals surface area contributed by atoms with Crippen LogP contribution in [0.15, 0.2) is 0 Å². The Balaban J connectivity index is 1.97. The van der Waals surface area contributed by atoms with Crippen LogP contribution in [0.2, 0.25) is 0 Å². The van der Waals surface area contributed by atoms with Crippen molar-refractivity contribution < 1.29 is 9.90 Å². The Kier molecular flexibility index (Phi) is 1.92. The first kappa shape index (κ1) is 6.39. The van der Waals surface area contributed by atoms with Gasteiger partial charge in [0.05, 0.1) is 0 Å². The van der Waals surface area contributed by atoms with Crippen molar-refractivity contribution in [2.24, 2.45) is 5.92 Å². The summed E-state index contributed by atoms with van der Waals surface area (Å²) < 4.78 is 0. The Labute approximate surface area is 54.1 Å². The fraction of sp³-hybridized carbons (Fsp3) is 0.833. The van der Waals surface area contributed by atoms with Crippen molar-refractivity contribution in [2.45, 2.75) is 19.3 Å². The molecule has 0 unspecified atom stereocenters. The Morgan fingerprint density at radius 1 is 1.67 bits per heavy atom. The topological polar surface area (TPSA) is 49.3 Å². The molecular formula is C6H11NO2. The molecule has 1 aliphatic carbocycles. The van der Waals surface area contributed by atoms with Crippen LogP contribution in [0.25, 0.3) is 0 Å². The van der Waals surface area contributed by atoms with Crippen LogP contribution in [0.4, 0.5) is 4.79 Å². The molecule has 52 valence electrons. The SMILES string of the molecule is O=C(O)NCC1CCC1. The molecule has 1 fully saturated rings. The van der Waals surface area contributed by atoms with Gasteiger partial charge >= 0.3 is 6.09 Å². The number of carboxylic acid groups (broad SMARTS) is 1. The number of amides is 1.